The lowest BCUT2D eigenvalue weighted by atomic mass is 10.1. The molecule has 4 nitrogen and oxygen atoms in total. The molecule has 1 aliphatic rings. The van der Waals surface area contributed by atoms with E-state index in [1.165, 1.54) is 12.8 Å². The highest BCUT2D eigenvalue weighted by Crippen LogP contribution is 2.20. The third kappa shape index (κ3) is 4.23. The van der Waals surface area contributed by atoms with Crippen LogP contribution in [0.25, 0.3) is 0 Å². The topological polar surface area (TPSA) is 45.2 Å². The number of nitrogens with zero attached hydrogens (tertiary/aromatic N) is 2. The predicted octanol–water partition coefficient (Wildman–Crippen LogP) is 3.31. The maximum Gasteiger partial charge on any atom is 0.269 e. The van der Waals surface area contributed by atoms with Crippen molar-refractivity contribution in [1.29, 1.82) is 0 Å². The minimum atomic E-state index is -0.131. The fraction of sp³-hybridized carbons (Fsp3) is 0.333. The number of halogens is 1. The molecule has 0 saturated carbocycles. The Hall–Kier alpha value is -2.07. The second-order valence-electron chi connectivity index (χ2n) is 5.73. The van der Waals surface area contributed by atoms with Gasteiger partial charge in [-0.05, 0) is 49.1 Å². The van der Waals surface area contributed by atoms with Crippen molar-refractivity contribution in [3.05, 3.63) is 58.9 Å². The van der Waals surface area contributed by atoms with Gasteiger partial charge in [0.05, 0.1) is 0 Å². The van der Waals surface area contributed by atoms with Gasteiger partial charge < -0.3 is 10.2 Å². The summed E-state index contributed by atoms with van der Waals surface area (Å²) in [6.07, 6.45) is 4.88. The number of pyridine rings is 1. The molecular formula is C18H20ClN3O. The van der Waals surface area contributed by atoms with Crippen LogP contribution in [0, 0.1) is 0 Å². The minimum Gasteiger partial charge on any atom is -0.371 e. The summed E-state index contributed by atoms with van der Waals surface area (Å²) in [5.74, 6) is -0.131. The fourth-order valence-corrected chi connectivity index (χ4v) is 3.03. The van der Waals surface area contributed by atoms with E-state index < -0.39 is 0 Å². The molecule has 0 bridgehead atoms. The second kappa shape index (κ2) is 7.47. The molecule has 5 heteroatoms. The van der Waals surface area contributed by atoms with Crippen LogP contribution < -0.4 is 10.2 Å². The zero-order chi connectivity index (χ0) is 16.1. The molecule has 0 spiro atoms. The summed E-state index contributed by atoms with van der Waals surface area (Å²) in [4.78, 5) is 18.7. The van der Waals surface area contributed by atoms with Crippen molar-refractivity contribution in [2.24, 2.45) is 0 Å². The number of anilines is 1. The molecule has 0 radical (unpaired) electrons. The van der Waals surface area contributed by atoms with Gasteiger partial charge in [-0.3, -0.25) is 9.78 Å². The zero-order valence-electron chi connectivity index (χ0n) is 13.0. The van der Waals surface area contributed by atoms with Gasteiger partial charge in [-0.15, -0.1) is 0 Å². The van der Waals surface area contributed by atoms with E-state index in [1.807, 2.05) is 36.4 Å². The van der Waals surface area contributed by atoms with Gasteiger partial charge in [-0.2, -0.15) is 0 Å². The number of rotatable bonds is 5. The van der Waals surface area contributed by atoms with Crippen LogP contribution >= 0.6 is 11.6 Å². The molecule has 1 aliphatic heterocycles. The molecule has 1 N–H and O–H groups in total. The summed E-state index contributed by atoms with van der Waals surface area (Å²) in [6.45, 7) is 2.68. The lowest BCUT2D eigenvalue weighted by Gasteiger charge is -2.17. The van der Waals surface area contributed by atoms with Crippen molar-refractivity contribution >= 4 is 23.2 Å². The molecule has 1 aromatic carbocycles. The van der Waals surface area contributed by atoms with Gasteiger partial charge in [0, 0.05) is 36.5 Å². The highest BCUT2D eigenvalue weighted by molar-refractivity contribution is 6.30. The van der Waals surface area contributed by atoms with Crippen LogP contribution in [0.2, 0.25) is 5.02 Å². The van der Waals surface area contributed by atoms with E-state index in [2.05, 4.69) is 15.2 Å². The van der Waals surface area contributed by atoms with E-state index in [0.29, 0.717) is 17.3 Å². The Morgan fingerprint density at radius 3 is 2.83 bits per heavy atom. The van der Waals surface area contributed by atoms with E-state index >= 15 is 0 Å². The third-order valence-corrected chi connectivity index (χ3v) is 4.27. The van der Waals surface area contributed by atoms with Gasteiger partial charge in [0.15, 0.2) is 0 Å². The van der Waals surface area contributed by atoms with Crippen LogP contribution in [-0.2, 0) is 6.42 Å². The maximum atomic E-state index is 12.3. The number of hydrogen-bond acceptors (Lipinski definition) is 3. The molecule has 0 aliphatic carbocycles. The first kappa shape index (κ1) is 15.8. The first-order valence-electron chi connectivity index (χ1n) is 7.96. The van der Waals surface area contributed by atoms with Crippen LogP contribution in [-0.4, -0.2) is 30.5 Å². The Bertz CT molecular complexity index is 683. The SMILES string of the molecule is O=C(NCCc1cccc(Cl)c1)c1cc(N2CCCC2)ccn1. The van der Waals surface area contributed by atoms with Crippen molar-refractivity contribution < 1.29 is 4.79 Å². The highest BCUT2D eigenvalue weighted by atomic mass is 35.5. The molecule has 0 atom stereocenters. The third-order valence-electron chi connectivity index (χ3n) is 4.04. The van der Waals surface area contributed by atoms with E-state index in [9.17, 15) is 4.79 Å². The van der Waals surface area contributed by atoms with E-state index in [4.69, 9.17) is 11.6 Å². The highest BCUT2D eigenvalue weighted by Gasteiger charge is 2.14. The smallest absolute Gasteiger partial charge is 0.269 e. The average molecular weight is 330 g/mol. The Morgan fingerprint density at radius 1 is 1.22 bits per heavy atom. The zero-order valence-corrected chi connectivity index (χ0v) is 13.7. The maximum absolute atomic E-state index is 12.3. The Morgan fingerprint density at radius 2 is 2.04 bits per heavy atom. The van der Waals surface area contributed by atoms with Crippen LogP contribution in [0.15, 0.2) is 42.6 Å². The fourth-order valence-electron chi connectivity index (χ4n) is 2.82. The van der Waals surface area contributed by atoms with Gasteiger partial charge in [-0.25, -0.2) is 0 Å². The molecule has 2 aromatic rings. The molecule has 2 heterocycles. The lowest BCUT2D eigenvalue weighted by Crippen LogP contribution is -2.27. The minimum absolute atomic E-state index is 0.131. The number of nitrogens with one attached hydrogen (secondary N) is 1. The Kier molecular flexibility index (Phi) is 5.13. The van der Waals surface area contributed by atoms with E-state index in [1.54, 1.807) is 6.20 Å². The lowest BCUT2D eigenvalue weighted by molar-refractivity contribution is 0.0949. The second-order valence-corrected chi connectivity index (χ2v) is 6.17. The molecule has 23 heavy (non-hydrogen) atoms. The first-order valence-corrected chi connectivity index (χ1v) is 8.34. The summed E-state index contributed by atoms with van der Waals surface area (Å²) in [7, 11) is 0. The van der Waals surface area contributed by atoms with Gasteiger partial charge in [-0.1, -0.05) is 23.7 Å². The van der Waals surface area contributed by atoms with Crippen LogP contribution in [0.4, 0.5) is 5.69 Å². The quantitative estimate of drug-likeness (QED) is 0.915. The summed E-state index contributed by atoms with van der Waals surface area (Å²) in [5, 5.41) is 3.64. The first-order chi connectivity index (χ1) is 11.2. The Balaban J connectivity index is 1.56. The van der Waals surface area contributed by atoms with Crippen molar-refractivity contribution in [2.45, 2.75) is 19.3 Å². The molecular weight excluding hydrogens is 310 g/mol. The summed E-state index contributed by atoms with van der Waals surface area (Å²) >= 11 is 5.96. The number of amides is 1. The standard InChI is InChI=1S/C18H20ClN3O/c19-15-5-3-4-14(12-15)6-8-21-18(23)17-13-16(7-9-20-17)22-10-1-2-11-22/h3-5,7,9,12-13H,1-2,6,8,10-11H2,(H,21,23). The summed E-state index contributed by atoms with van der Waals surface area (Å²) in [5.41, 5.74) is 2.66. The molecule has 1 aromatic heterocycles. The number of hydrogen-bond donors (Lipinski definition) is 1. The molecule has 3 rings (SSSR count). The van der Waals surface area contributed by atoms with Crippen LogP contribution in [0.1, 0.15) is 28.9 Å². The Labute approximate surface area is 141 Å². The van der Waals surface area contributed by atoms with Gasteiger partial charge in [0.25, 0.3) is 5.91 Å². The predicted molar refractivity (Wildman–Crippen MR) is 93.2 cm³/mol. The van der Waals surface area contributed by atoms with Gasteiger partial charge in [0.1, 0.15) is 5.69 Å². The molecule has 1 fully saturated rings. The van der Waals surface area contributed by atoms with Crippen molar-refractivity contribution in [3.8, 4) is 0 Å². The van der Waals surface area contributed by atoms with Crippen LogP contribution in [0.3, 0.4) is 0 Å². The average Bonchev–Trinajstić information content (AvgIpc) is 3.09. The van der Waals surface area contributed by atoms with E-state index in [0.717, 1.165) is 30.8 Å². The molecule has 1 saturated heterocycles. The van der Waals surface area contributed by atoms with E-state index in [-0.39, 0.29) is 5.91 Å². The molecule has 120 valence electrons. The number of carbonyl (C=O) groups is 1. The normalized spacial score (nSPS) is 14.0. The summed E-state index contributed by atoms with van der Waals surface area (Å²) in [6, 6.07) is 11.5. The monoisotopic (exact) mass is 329 g/mol. The molecule has 0 unspecified atom stereocenters. The molecule has 1 amide bonds. The largest absolute Gasteiger partial charge is 0.371 e. The van der Waals surface area contributed by atoms with Crippen molar-refractivity contribution in [2.75, 3.05) is 24.5 Å². The van der Waals surface area contributed by atoms with Gasteiger partial charge in [0.2, 0.25) is 0 Å². The summed E-state index contributed by atoms with van der Waals surface area (Å²) < 4.78 is 0. The van der Waals surface area contributed by atoms with Crippen molar-refractivity contribution in [3.63, 3.8) is 0 Å². The number of benzene rings is 1. The number of carbonyl (C=O) groups excluding carboxylic acids is 1. The van der Waals surface area contributed by atoms with Crippen LogP contribution in [0.5, 0.6) is 0 Å². The number of aromatic nitrogens is 1. The van der Waals surface area contributed by atoms with Crippen molar-refractivity contribution in [1.82, 2.24) is 10.3 Å². The van der Waals surface area contributed by atoms with Gasteiger partial charge >= 0.3 is 0 Å².